The van der Waals surface area contributed by atoms with E-state index in [4.69, 9.17) is 28.3 Å². The quantitative estimate of drug-likeness (QED) is 0.639. The highest BCUT2D eigenvalue weighted by atomic mass is 35.5. The molecule has 0 amide bonds. The number of hydrogen-bond donors (Lipinski definition) is 1. The third-order valence-electron chi connectivity index (χ3n) is 1.94. The molecule has 1 aromatic rings. The summed E-state index contributed by atoms with van der Waals surface area (Å²) >= 11 is 11.4. The van der Waals surface area contributed by atoms with E-state index >= 15 is 0 Å². The van der Waals surface area contributed by atoms with Crippen LogP contribution in [0.2, 0.25) is 10.4 Å². The van der Waals surface area contributed by atoms with E-state index in [1.54, 1.807) is 18.0 Å². The first-order valence-corrected chi connectivity index (χ1v) is 4.84. The summed E-state index contributed by atoms with van der Waals surface area (Å²) in [5.74, 6) is 0.594. The van der Waals surface area contributed by atoms with Gasteiger partial charge in [0.1, 0.15) is 11.0 Å². The maximum atomic E-state index is 8.95. The van der Waals surface area contributed by atoms with Gasteiger partial charge in [0.2, 0.25) is 5.28 Å². The van der Waals surface area contributed by atoms with Gasteiger partial charge in [-0.15, -0.1) is 0 Å². The molecule has 0 aliphatic carbocycles. The van der Waals surface area contributed by atoms with Gasteiger partial charge >= 0.3 is 0 Å². The van der Waals surface area contributed by atoms with Crippen LogP contribution in [-0.4, -0.2) is 34.8 Å². The molecular weight excluding hydrogens is 225 g/mol. The Morgan fingerprint density at radius 1 is 1.50 bits per heavy atom. The Bertz CT molecular complexity index is 301. The second-order valence-electron chi connectivity index (χ2n) is 2.96. The topological polar surface area (TPSA) is 49.2 Å². The number of aliphatic hydroxyl groups excluding tert-OH is 1. The van der Waals surface area contributed by atoms with Crippen molar-refractivity contribution in [2.24, 2.45) is 0 Å². The van der Waals surface area contributed by atoms with Crippen molar-refractivity contribution in [2.45, 2.75) is 13.0 Å². The van der Waals surface area contributed by atoms with Crippen LogP contribution >= 0.6 is 23.2 Å². The van der Waals surface area contributed by atoms with Crippen LogP contribution in [0.15, 0.2) is 6.07 Å². The van der Waals surface area contributed by atoms with Gasteiger partial charge in [-0.2, -0.15) is 0 Å². The molecule has 1 rings (SSSR count). The van der Waals surface area contributed by atoms with Gasteiger partial charge in [-0.05, 0) is 18.5 Å². The van der Waals surface area contributed by atoms with Gasteiger partial charge in [-0.3, -0.25) is 0 Å². The van der Waals surface area contributed by atoms with Crippen molar-refractivity contribution in [3.63, 3.8) is 0 Å². The van der Waals surface area contributed by atoms with Crippen LogP contribution in [0.1, 0.15) is 6.92 Å². The lowest BCUT2D eigenvalue weighted by Crippen LogP contribution is -2.32. The molecule has 78 valence electrons. The first kappa shape index (κ1) is 11.5. The monoisotopic (exact) mass is 235 g/mol. The van der Waals surface area contributed by atoms with Gasteiger partial charge < -0.3 is 10.0 Å². The second kappa shape index (κ2) is 4.77. The first-order chi connectivity index (χ1) is 6.54. The lowest BCUT2D eigenvalue weighted by Gasteiger charge is -2.24. The molecule has 0 aromatic carbocycles. The molecule has 0 fully saturated rings. The Balaban J connectivity index is 2.94. The SMILES string of the molecule is CC(CO)N(C)c1cc(Cl)nc(Cl)n1. The Kier molecular flexibility index (Phi) is 3.92. The van der Waals surface area contributed by atoms with Crippen LogP contribution in [0.3, 0.4) is 0 Å². The van der Waals surface area contributed by atoms with Gasteiger partial charge in [-0.25, -0.2) is 9.97 Å². The number of aliphatic hydroxyl groups is 1. The minimum absolute atomic E-state index is 0.0374. The highest BCUT2D eigenvalue weighted by molar-refractivity contribution is 6.32. The summed E-state index contributed by atoms with van der Waals surface area (Å²) in [6.45, 7) is 1.90. The molecule has 0 saturated carbocycles. The van der Waals surface area contributed by atoms with Crippen molar-refractivity contribution >= 4 is 29.0 Å². The van der Waals surface area contributed by atoms with Crippen LogP contribution < -0.4 is 4.90 Å². The van der Waals surface area contributed by atoms with Gasteiger partial charge in [0.15, 0.2) is 0 Å². The maximum absolute atomic E-state index is 8.95. The molecule has 0 aliphatic rings. The second-order valence-corrected chi connectivity index (χ2v) is 3.69. The minimum Gasteiger partial charge on any atom is -0.394 e. The van der Waals surface area contributed by atoms with E-state index in [1.807, 2.05) is 6.92 Å². The van der Waals surface area contributed by atoms with Crippen molar-refractivity contribution in [2.75, 3.05) is 18.6 Å². The normalized spacial score (nSPS) is 12.6. The van der Waals surface area contributed by atoms with Gasteiger partial charge in [-0.1, -0.05) is 11.6 Å². The molecule has 0 saturated heterocycles. The van der Waals surface area contributed by atoms with Gasteiger partial charge in [0, 0.05) is 13.1 Å². The fourth-order valence-electron chi connectivity index (χ4n) is 0.908. The third-order valence-corrected chi connectivity index (χ3v) is 2.30. The summed E-state index contributed by atoms with van der Waals surface area (Å²) in [7, 11) is 1.80. The maximum Gasteiger partial charge on any atom is 0.225 e. The van der Waals surface area contributed by atoms with E-state index in [0.717, 1.165) is 0 Å². The number of halogens is 2. The lowest BCUT2D eigenvalue weighted by molar-refractivity contribution is 0.270. The molecule has 1 unspecified atom stereocenters. The fraction of sp³-hybridized carbons (Fsp3) is 0.500. The van der Waals surface area contributed by atoms with Crippen molar-refractivity contribution in [3.8, 4) is 0 Å². The molecule has 0 aliphatic heterocycles. The average Bonchev–Trinajstić information content (AvgIpc) is 2.14. The first-order valence-electron chi connectivity index (χ1n) is 4.08. The molecule has 0 radical (unpaired) electrons. The fourth-order valence-corrected chi connectivity index (χ4v) is 1.31. The predicted octanol–water partition coefficient (Wildman–Crippen LogP) is 1.60. The predicted molar refractivity (Wildman–Crippen MR) is 57.0 cm³/mol. The average molecular weight is 236 g/mol. The molecule has 14 heavy (non-hydrogen) atoms. The Morgan fingerprint density at radius 2 is 2.14 bits per heavy atom. The van der Waals surface area contributed by atoms with Crippen molar-refractivity contribution < 1.29 is 5.11 Å². The smallest absolute Gasteiger partial charge is 0.225 e. The molecule has 1 heterocycles. The molecule has 1 aromatic heterocycles. The number of nitrogens with zero attached hydrogens (tertiary/aromatic N) is 3. The Labute approximate surface area is 92.5 Å². The summed E-state index contributed by atoms with van der Waals surface area (Å²) in [6.07, 6.45) is 0. The van der Waals surface area contributed by atoms with Crippen molar-refractivity contribution in [3.05, 3.63) is 16.5 Å². The zero-order valence-electron chi connectivity index (χ0n) is 7.91. The minimum atomic E-state index is -0.0444. The molecule has 1 atom stereocenters. The highest BCUT2D eigenvalue weighted by Gasteiger charge is 2.11. The summed E-state index contributed by atoms with van der Waals surface area (Å²) in [5, 5.41) is 9.34. The van der Waals surface area contributed by atoms with E-state index in [9.17, 15) is 0 Å². The number of anilines is 1. The Morgan fingerprint density at radius 3 is 2.64 bits per heavy atom. The van der Waals surface area contributed by atoms with Crippen molar-refractivity contribution in [1.29, 1.82) is 0 Å². The summed E-state index contributed by atoms with van der Waals surface area (Å²) in [6, 6.07) is 1.55. The van der Waals surface area contributed by atoms with E-state index in [2.05, 4.69) is 9.97 Å². The Hall–Kier alpha value is -0.580. The van der Waals surface area contributed by atoms with Crippen LogP contribution in [0.4, 0.5) is 5.82 Å². The van der Waals surface area contributed by atoms with E-state index < -0.39 is 0 Å². The summed E-state index contributed by atoms with van der Waals surface area (Å²) < 4.78 is 0. The zero-order chi connectivity index (χ0) is 10.7. The lowest BCUT2D eigenvalue weighted by atomic mass is 10.3. The van der Waals surface area contributed by atoms with Crippen LogP contribution in [0, 0.1) is 0 Å². The number of rotatable bonds is 3. The van der Waals surface area contributed by atoms with Crippen LogP contribution in [-0.2, 0) is 0 Å². The summed E-state index contributed by atoms with van der Waals surface area (Å²) in [4.78, 5) is 9.50. The highest BCUT2D eigenvalue weighted by Crippen LogP contribution is 2.18. The van der Waals surface area contributed by atoms with Crippen LogP contribution in [0.25, 0.3) is 0 Å². The van der Waals surface area contributed by atoms with E-state index in [0.29, 0.717) is 5.82 Å². The molecule has 4 nitrogen and oxygen atoms in total. The molecule has 6 heteroatoms. The third kappa shape index (κ3) is 2.70. The number of aromatic nitrogens is 2. The van der Waals surface area contributed by atoms with Crippen LogP contribution in [0.5, 0.6) is 0 Å². The largest absolute Gasteiger partial charge is 0.394 e. The molecule has 1 N–H and O–H groups in total. The molecular formula is C8H11Cl2N3O. The van der Waals surface area contributed by atoms with Crippen molar-refractivity contribution in [1.82, 2.24) is 9.97 Å². The standard InChI is InChI=1S/C8H11Cl2N3O/c1-5(4-14)13(2)7-3-6(9)11-8(10)12-7/h3,5,14H,4H2,1-2H3. The molecule has 0 bridgehead atoms. The zero-order valence-corrected chi connectivity index (χ0v) is 9.42. The van der Waals surface area contributed by atoms with E-state index in [-0.39, 0.29) is 23.1 Å². The van der Waals surface area contributed by atoms with Gasteiger partial charge in [0.05, 0.1) is 12.6 Å². The van der Waals surface area contributed by atoms with Gasteiger partial charge in [0.25, 0.3) is 0 Å². The molecule has 0 spiro atoms. The van der Waals surface area contributed by atoms with E-state index in [1.165, 1.54) is 0 Å². The summed E-state index contributed by atoms with van der Waals surface area (Å²) in [5.41, 5.74) is 0. The number of hydrogen-bond acceptors (Lipinski definition) is 4. The number of likely N-dealkylation sites (N-methyl/N-ethyl adjacent to an activating group) is 1.